The molecule has 1 fully saturated rings. The highest BCUT2D eigenvalue weighted by Crippen LogP contribution is 2.43. The Morgan fingerprint density at radius 1 is 0.750 bits per heavy atom. The zero-order valence-corrected chi connectivity index (χ0v) is 62.1. The highest BCUT2D eigenvalue weighted by molar-refractivity contribution is 8.08. The summed E-state index contributed by atoms with van der Waals surface area (Å²) >= 11 is 2.20. The van der Waals surface area contributed by atoms with Gasteiger partial charge in [-0.1, -0.05) is 113 Å². The topological polar surface area (TPSA) is 495 Å². The molecule has 5 heterocycles. The quantitative estimate of drug-likeness (QED) is 0.0267. The molecule has 16 N–H and O–H groups in total. The number of aldehydes is 1. The summed E-state index contributed by atoms with van der Waals surface area (Å²) in [6.45, 7) is 5.35. The first-order chi connectivity index (χ1) is 51.4. The molecule has 2 bridgehead atoms. The van der Waals surface area contributed by atoms with Crippen molar-refractivity contribution >= 4 is 134 Å². The number of fused-ring (bicyclic) bond motifs is 5. The number of aliphatic hydroxyl groups is 3. The van der Waals surface area contributed by atoms with E-state index in [-0.39, 0.29) is 49.9 Å². The predicted molar refractivity (Wildman–Crippen MR) is 393 cm³/mol. The number of primary amides is 1. The molecular weight excluding hydrogens is 1460 g/mol. The molecule has 576 valence electrons. The van der Waals surface area contributed by atoms with Crippen LogP contribution in [0.25, 0.3) is 10.9 Å². The molecule has 1 saturated heterocycles. The highest BCUT2D eigenvalue weighted by Gasteiger charge is 2.53. The second-order valence-electron chi connectivity index (χ2n) is 26.9. The first kappa shape index (κ1) is 81.7. The molecule has 0 aliphatic carbocycles. The zero-order chi connectivity index (χ0) is 78.4. The largest absolute Gasteiger partial charge is 0.489 e. The number of benzene rings is 4. The number of nitrogens with two attached hydrogens (primary N) is 1. The van der Waals surface area contributed by atoms with Crippen LogP contribution in [0.5, 0.6) is 5.75 Å². The van der Waals surface area contributed by atoms with Crippen LogP contribution in [0, 0.1) is 17.8 Å². The molecule has 4 unspecified atom stereocenters. The lowest BCUT2D eigenvalue weighted by Crippen LogP contribution is -2.69. The Labute approximate surface area is 630 Å². The lowest BCUT2D eigenvalue weighted by molar-refractivity contribution is -0.147. The van der Waals surface area contributed by atoms with E-state index in [4.69, 9.17) is 10.5 Å². The number of carbonyl (C=O) groups excluding carboxylic acids is 14. The maximum Gasteiger partial charge on any atom is 0.269 e. The summed E-state index contributed by atoms with van der Waals surface area (Å²) in [5, 5.41) is 58.2. The van der Waals surface area contributed by atoms with Crippen LogP contribution < -0.4 is 63.6 Å². The SMILES string of the molecule is CC[C@H](C)[C@@H]1NC(=O)CNC(=O)[C@H]2Cc3c([nH]c4cc(OCc5ccc(NC(=O)[C@H](C)NC(=O)[C@@H](NC(=O)CN6C(=O)C(Sc7ccccc7)=C(Sc7ccccc7)C6=O)C(C)C)cc5)ccc34)S(=O)CC(NC(=O)CNC1=O)C(=O)NC(CC(N)=O)C(=O)N1C[C@H](O)CC1(C=O)N[C@@H]([C@@H](C)[C@@H](O)CO)C(=O)N2. The van der Waals surface area contributed by atoms with Gasteiger partial charge < -0.3 is 83.5 Å². The van der Waals surface area contributed by atoms with Gasteiger partial charge in [0, 0.05) is 52.2 Å². The van der Waals surface area contributed by atoms with Crippen LogP contribution in [0.2, 0.25) is 0 Å². The van der Waals surface area contributed by atoms with Gasteiger partial charge in [-0.15, -0.1) is 0 Å². The van der Waals surface area contributed by atoms with Crippen LogP contribution in [0.3, 0.4) is 0 Å². The molecule has 1 aromatic heterocycles. The Bertz CT molecular complexity index is 4280. The first-order valence-corrected chi connectivity index (χ1v) is 37.6. The van der Waals surface area contributed by atoms with Crippen molar-refractivity contribution < 1.29 is 91.4 Å². The van der Waals surface area contributed by atoms with Crippen molar-refractivity contribution in [3.63, 3.8) is 0 Å². The Kier molecular flexibility index (Phi) is 27.6. The zero-order valence-electron chi connectivity index (χ0n) is 59.7. The van der Waals surface area contributed by atoms with Gasteiger partial charge in [0.15, 0.2) is 11.9 Å². The van der Waals surface area contributed by atoms with Crippen LogP contribution in [-0.2, 0) is 91.0 Å². The fraction of sp³-hybridized carbons (Fsp3) is 0.417. The number of hydrogen-bond acceptors (Lipinski definition) is 22. The Hall–Kier alpha value is -10.4. The van der Waals surface area contributed by atoms with Crippen LogP contribution in [0.15, 0.2) is 128 Å². The third kappa shape index (κ3) is 20.1. The van der Waals surface area contributed by atoms with Crippen molar-refractivity contribution in [1.29, 1.82) is 0 Å². The van der Waals surface area contributed by atoms with Gasteiger partial charge in [-0.05, 0) is 78.4 Å². The molecule has 4 aliphatic heterocycles. The molecule has 9 rings (SSSR count). The maximum absolute atomic E-state index is 15.2. The third-order valence-corrected chi connectivity index (χ3v) is 22.4. The van der Waals surface area contributed by atoms with E-state index < -0.39 is 223 Å². The second kappa shape index (κ2) is 36.5. The number of nitrogens with zero attached hydrogens (tertiary/aromatic N) is 2. The van der Waals surface area contributed by atoms with Gasteiger partial charge in [0.2, 0.25) is 65.0 Å². The number of imide groups is 1. The van der Waals surface area contributed by atoms with E-state index in [9.17, 15) is 77.6 Å². The molecule has 0 saturated carbocycles. The molecule has 4 aliphatic rings. The van der Waals surface area contributed by atoms with Crippen LogP contribution in [-0.4, -0.2) is 216 Å². The van der Waals surface area contributed by atoms with Crippen LogP contribution >= 0.6 is 23.5 Å². The molecule has 0 spiro atoms. The van der Waals surface area contributed by atoms with Crippen molar-refractivity contribution in [2.45, 2.75) is 149 Å². The molecule has 33 nitrogen and oxygen atoms in total. The van der Waals surface area contributed by atoms with Gasteiger partial charge in [0.25, 0.3) is 11.8 Å². The average molecular weight is 1550 g/mol. The van der Waals surface area contributed by atoms with Gasteiger partial charge >= 0.3 is 0 Å². The molecular formula is C72H86N14O19S3. The summed E-state index contributed by atoms with van der Waals surface area (Å²) in [6, 6.07) is 17.6. The highest BCUT2D eigenvalue weighted by atomic mass is 32.2. The number of thioether (sulfide) groups is 2. The Morgan fingerprint density at radius 2 is 1.37 bits per heavy atom. The lowest BCUT2D eigenvalue weighted by Gasteiger charge is -2.41. The van der Waals surface area contributed by atoms with Gasteiger partial charge in [-0.3, -0.25) is 81.5 Å². The van der Waals surface area contributed by atoms with Crippen molar-refractivity contribution in [3.05, 3.63) is 124 Å². The fourth-order valence-corrected chi connectivity index (χ4v) is 15.9. The minimum absolute atomic E-state index is 0.0473. The number of rotatable bonds is 23. The lowest BCUT2D eigenvalue weighted by atomic mass is 9.92. The molecule has 13 amide bonds. The van der Waals surface area contributed by atoms with E-state index in [1.807, 2.05) is 12.1 Å². The molecule has 0 radical (unpaired) electrons. The van der Waals surface area contributed by atoms with E-state index in [0.29, 0.717) is 27.5 Å². The van der Waals surface area contributed by atoms with Crippen molar-refractivity contribution in [3.8, 4) is 5.75 Å². The van der Waals surface area contributed by atoms with E-state index in [2.05, 4.69) is 58.2 Å². The Morgan fingerprint density at radius 3 is 1.96 bits per heavy atom. The maximum atomic E-state index is 15.2. The van der Waals surface area contributed by atoms with Crippen LogP contribution in [0.4, 0.5) is 5.69 Å². The number of carbonyl (C=O) groups is 14. The first-order valence-electron chi connectivity index (χ1n) is 34.7. The summed E-state index contributed by atoms with van der Waals surface area (Å²) in [5.41, 5.74) is 4.34. The molecule has 5 aromatic rings. The molecule has 4 aromatic carbocycles. The van der Waals surface area contributed by atoms with E-state index in [0.717, 1.165) is 33.3 Å². The monoisotopic (exact) mass is 1550 g/mol. The van der Waals surface area contributed by atoms with Crippen molar-refractivity contribution in [1.82, 2.24) is 62.6 Å². The molecule has 108 heavy (non-hydrogen) atoms. The summed E-state index contributed by atoms with van der Waals surface area (Å²) in [4.78, 5) is 202. The summed E-state index contributed by atoms with van der Waals surface area (Å²) in [5.74, 6) is -15.3. The number of aliphatic hydroxyl groups excluding tert-OH is 3. The smallest absolute Gasteiger partial charge is 0.269 e. The van der Waals surface area contributed by atoms with Gasteiger partial charge in [0.1, 0.15) is 60.2 Å². The second-order valence-corrected chi connectivity index (χ2v) is 30.5. The van der Waals surface area contributed by atoms with Gasteiger partial charge in [0.05, 0.1) is 76.2 Å². The number of hydrogen-bond donors (Lipinski definition) is 15. The van der Waals surface area contributed by atoms with Crippen molar-refractivity contribution in [2.75, 3.05) is 43.9 Å². The van der Waals surface area contributed by atoms with E-state index in [1.165, 1.54) is 32.0 Å². The minimum atomic E-state index is -2.50. The summed E-state index contributed by atoms with van der Waals surface area (Å²) in [6.07, 6.45) is -4.97. The number of aromatic nitrogens is 1. The predicted octanol–water partition coefficient (Wildman–Crippen LogP) is -1.30. The number of nitrogens with one attached hydrogen (secondary N) is 11. The normalized spacial score (nSPS) is 23.5. The number of amides is 13. The average Bonchev–Trinajstić information content (AvgIpc) is 1.61. The van der Waals surface area contributed by atoms with E-state index >= 15 is 9.00 Å². The van der Waals surface area contributed by atoms with Crippen molar-refractivity contribution in [2.24, 2.45) is 23.5 Å². The standard InChI is InChI=1S/C72H86N14O19S3/c1-7-37(4)58-65(98)75-28-54(92)78-51-34-108(104)68-47(25-49(63(96)74-29-55(93)82-58)79-67(100)59(38(5)52(90)32-87)84-72(35-88)27-42(89)30-86(72)69(101)50(26-53(73)91)80-64(51)97)46-23-22-43(24-48(46)81-68)105-33-40-18-20-41(21-19-40)77-62(95)39(6)76-66(99)57(36(2)3)83-56(94)31-85-70(102)60(106-44-14-10-8-11-15-44)61(71(85)103)107-45-16-12-9-13-17-45/h8-24,35-39,42,49-52,57-59,81,84,87,89-90H,7,25-34H2,1-6H3,(H2,73,91)(H,74,96)(H,75,98)(H,76,99)(H,77,95)(H,78,92)(H,79,100)(H,80,97)(H,82,93)(H,83,94)/t37-,38-,39-,42+,49+,50?,51?,52-,57-,58-,59-,72?,108?/m0/s1. The molecule has 13 atom stereocenters. The van der Waals surface area contributed by atoms with Gasteiger partial charge in [-0.25, -0.2) is 0 Å². The molecule has 36 heteroatoms. The number of anilines is 1. The van der Waals surface area contributed by atoms with Crippen LogP contribution in [0.1, 0.15) is 71.9 Å². The minimum Gasteiger partial charge on any atom is -0.489 e. The third-order valence-electron chi connectivity index (χ3n) is 18.6. The number of ether oxygens (including phenoxy) is 1. The summed E-state index contributed by atoms with van der Waals surface area (Å²) < 4.78 is 21.5. The summed E-state index contributed by atoms with van der Waals surface area (Å²) in [7, 11) is -2.50. The number of aromatic amines is 1. The Balaban J connectivity index is 0.947. The van der Waals surface area contributed by atoms with E-state index in [1.54, 1.807) is 100 Å². The van der Waals surface area contributed by atoms with Gasteiger partial charge in [-0.2, -0.15) is 0 Å². The number of H-pyrrole nitrogens is 1. The fourth-order valence-electron chi connectivity index (χ4n) is 12.4.